The summed E-state index contributed by atoms with van der Waals surface area (Å²) in [5.41, 5.74) is 0. The summed E-state index contributed by atoms with van der Waals surface area (Å²) in [7, 11) is 0. The number of hydrogen-bond acceptors (Lipinski definition) is 4. The Morgan fingerprint density at radius 1 is 1.62 bits per heavy atom. The number of furan rings is 1. The SMILES string of the molecule is CC(NC(=O)N1CCNC(=O)C1CC(=O)O)c1ccco1. The summed E-state index contributed by atoms with van der Waals surface area (Å²) in [6.45, 7) is 2.31. The predicted molar refractivity (Wildman–Crippen MR) is 71.4 cm³/mol. The lowest BCUT2D eigenvalue weighted by atomic mass is 10.1. The molecule has 3 amide bonds. The highest BCUT2D eigenvalue weighted by atomic mass is 16.4. The van der Waals surface area contributed by atoms with E-state index < -0.39 is 30.4 Å². The molecule has 2 unspecified atom stereocenters. The van der Waals surface area contributed by atoms with Crippen molar-refractivity contribution in [2.45, 2.75) is 25.4 Å². The van der Waals surface area contributed by atoms with E-state index in [1.807, 2.05) is 0 Å². The standard InChI is InChI=1S/C13H17N3O5/c1-8(10-3-2-6-21-10)15-13(20)16-5-4-14-12(19)9(16)7-11(17)18/h2-3,6,8-9H,4-5,7H2,1H3,(H,14,19)(H,15,20)(H,17,18). The van der Waals surface area contributed by atoms with E-state index in [-0.39, 0.29) is 12.6 Å². The maximum Gasteiger partial charge on any atom is 0.318 e. The molecule has 3 N–H and O–H groups in total. The summed E-state index contributed by atoms with van der Waals surface area (Å²) in [6.07, 6.45) is 1.08. The number of urea groups is 1. The van der Waals surface area contributed by atoms with Crippen molar-refractivity contribution >= 4 is 17.9 Å². The molecular formula is C13H17N3O5. The summed E-state index contributed by atoms with van der Waals surface area (Å²) < 4.78 is 5.19. The normalized spacial score (nSPS) is 19.8. The molecule has 2 atom stereocenters. The highest BCUT2D eigenvalue weighted by Crippen LogP contribution is 2.15. The van der Waals surface area contributed by atoms with Crippen molar-refractivity contribution in [1.29, 1.82) is 0 Å². The number of nitrogens with one attached hydrogen (secondary N) is 2. The van der Waals surface area contributed by atoms with Gasteiger partial charge in [-0.2, -0.15) is 0 Å². The number of nitrogens with zero attached hydrogens (tertiary/aromatic N) is 1. The largest absolute Gasteiger partial charge is 0.481 e. The fourth-order valence-corrected chi connectivity index (χ4v) is 2.20. The topological polar surface area (TPSA) is 112 Å². The smallest absolute Gasteiger partial charge is 0.318 e. The van der Waals surface area contributed by atoms with Gasteiger partial charge in [0.25, 0.3) is 0 Å². The second-order valence-electron chi connectivity index (χ2n) is 4.78. The van der Waals surface area contributed by atoms with Crippen LogP contribution in [0.3, 0.4) is 0 Å². The summed E-state index contributed by atoms with van der Waals surface area (Å²) in [5, 5.41) is 14.1. The van der Waals surface area contributed by atoms with E-state index in [1.165, 1.54) is 11.2 Å². The van der Waals surface area contributed by atoms with Crippen LogP contribution in [0, 0.1) is 0 Å². The third-order valence-electron chi connectivity index (χ3n) is 3.27. The number of carbonyl (C=O) groups excluding carboxylic acids is 2. The number of carboxylic acids is 1. The summed E-state index contributed by atoms with van der Waals surface area (Å²) in [6, 6.07) is 1.57. The third kappa shape index (κ3) is 3.53. The van der Waals surface area contributed by atoms with Gasteiger partial charge < -0.3 is 25.1 Å². The quantitative estimate of drug-likeness (QED) is 0.741. The molecule has 0 aliphatic carbocycles. The average molecular weight is 295 g/mol. The van der Waals surface area contributed by atoms with Crippen molar-refractivity contribution < 1.29 is 23.9 Å². The first-order chi connectivity index (χ1) is 9.99. The molecule has 2 heterocycles. The molecule has 0 radical (unpaired) electrons. The molecule has 1 aromatic heterocycles. The highest BCUT2D eigenvalue weighted by Gasteiger charge is 2.35. The van der Waals surface area contributed by atoms with Gasteiger partial charge in [0.1, 0.15) is 11.8 Å². The van der Waals surface area contributed by atoms with Crippen LogP contribution >= 0.6 is 0 Å². The number of piperazine rings is 1. The van der Waals surface area contributed by atoms with E-state index in [4.69, 9.17) is 9.52 Å². The molecule has 8 nitrogen and oxygen atoms in total. The van der Waals surface area contributed by atoms with Gasteiger partial charge in [0.15, 0.2) is 0 Å². The van der Waals surface area contributed by atoms with Crippen molar-refractivity contribution in [2.24, 2.45) is 0 Å². The zero-order valence-corrected chi connectivity index (χ0v) is 11.5. The Labute approximate surface area is 121 Å². The zero-order chi connectivity index (χ0) is 15.4. The zero-order valence-electron chi connectivity index (χ0n) is 11.5. The lowest BCUT2D eigenvalue weighted by molar-refractivity contribution is -0.142. The molecule has 1 aliphatic heterocycles. The monoisotopic (exact) mass is 295 g/mol. The van der Waals surface area contributed by atoms with Crippen LogP contribution in [0.2, 0.25) is 0 Å². The van der Waals surface area contributed by atoms with E-state index in [2.05, 4.69) is 10.6 Å². The van der Waals surface area contributed by atoms with E-state index in [0.717, 1.165) is 0 Å². The van der Waals surface area contributed by atoms with Crippen LogP contribution in [-0.2, 0) is 9.59 Å². The number of hydrogen-bond donors (Lipinski definition) is 3. The van der Waals surface area contributed by atoms with Crippen LogP contribution in [0.1, 0.15) is 25.1 Å². The molecule has 0 spiro atoms. The molecule has 1 aromatic rings. The van der Waals surface area contributed by atoms with Crippen molar-refractivity contribution in [1.82, 2.24) is 15.5 Å². The first kappa shape index (κ1) is 14.9. The van der Waals surface area contributed by atoms with Gasteiger partial charge in [-0.3, -0.25) is 9.59 Å². The molecule has 0 bridgehead atoms. The van der Waals surface area contributed by atoms with Gasteiger partial charge in [-0.25, -0.2) is 4.79 Å². The van der Waals surface area contributed by atoms with Gasteiger partial charge in [0.05, 0.1) is 18.7 Å². The van der Waals surface area contributed by atoms with Gasteiger partial charge in [0, 0.05) is 13.1 Å². The maximum atomic E-state index is 12.2. The predicted octanol–water partition coefficient (Wildman–Crippen LogP) is 0.325. The van der Waals surface area contributed by atoms with Crippen LogP contribution in [0.15, 0.2) is 22.8 Å². The van der Waals surface area contributed by atoms with Crippen LogP contribution < -0.4 is 10.6 Å². The second-order valence-corrected chi connectivity index (χ2v) is 4.78. The fraction of sp³-hybridized carbons (Fsp3) is 0.462. The third-order valence-corrected chi connectivity index (χ3v) is 3.27. The van der Waals surface area contributed by atoms with Gasteiger partial charge in [0.2, 0.25) is 5.91 Å². The summed E-state index contributed by atoms with van der Waals surface area (Å²) in [4.78, 5) is 36.1. The minimum Gasteiger partial charge on any atom is -0.481 e. The Bertz CT molecular complexity index is 528. The molecule has 2 rings (SSSR count). The first-order valence-corrected chi connectivity index (χ1v) is 6.59. The lowest BCUT2D eigenvalue weighted by Crippen LogP contribution is -2.60. The van der Waals surface area contributed by atoms with Crippen molar-refractivity contribution in [2.75, 3.05) is 13.1 Å². The number of amides is 3. The number of rotatable bonds is 4. The maximum absolute atomic E-state index is 12.2. The molecular weight excluding hydrogens is 278 g/mol. The molecule has 114 valence electrons. The minimum atomic E-state index is -1.13. The molecule has 0 saturated carbocycles. The highest BCUT2D eigenvalue weighted by molar-refractivity contribution is 5.91. The van der Waals surface area contributed by atoms with Crippen LogP contribution in [0.4, 0.5) is 4.79 Å². The van der Waals surface area contributed by atoms with Crippen LogP contribution in [-0.4, -0.2) is 47.0 Å². The fourth-order valence-electron chi connectivity index (χ4n) is 2.20. The van der Waals surface area contributed by atoms with Crippen LogP contribution in [0.25, 0.3) is 0 Å². The van der Waals surface area contributed by atoms with Crippen molar-refractivity contribution in [3.05, 3.63) is 24.2 Å². The summed E-state index contributed by atoms with van der Waals surface area (Å²) >= 11 is 0. The Morgan fingerprint density at radius 2 is 2.38 bits per heavy atom. The van der Waals surface area contributed by atoms with Crippen molar-refractivity contribution in [3.63, 3.8) is 0 Å². The second kappa shape index (κ2) is 6.29. The van der Waals surface area contributed by atoms with Gasteiger partial charge >= 0.3 is 12.0 Å². The van der Waals surface area contributed by atoms with E-state index in [1.54, 1.807) is 19.1 Å². The molecule has 1 fully saturated rings. The molecule has 8 heteroatoms. The number of carbonyl (C=O) groups is 3. The van der Waals surface area contributed by atoms with Gasteiger partial charge in [-0.15, -0.1) is 0 Å². The Balaban J connectivity index is 2.04. The summed E-state index contributed by atoms with van der Waals surface area (Å²) in [5.74, 6) is -1.00. The Kier molecular flexibility index (Phi) is 4.46. The van der Waals surface area contributed by atoms with E-state index >= 15 is 0 Å². The van der Waals surface area contributed by atoms with E-state index in [0.29, 0.717) is 12.3 Å². The average Bonchev–Trinajstić information content (AvgIpc) is 2.94. The Morgan fingerprint density at radius 3 is 3.00 bits per heavy atom. The van der Waals surface area contributed by atoms with Gasteiger partial charge in [-0.1, -0.05) is 0 Å². The number of carboxylic acid groups (broad SMARTS) is 1. The molecule has 1 aliphatic rings. The first-order valence-electron chi connectivity index (χ1n) is 6.59. The molecule has 1 saturated heterocycles. The van der Waals surface area contributed by atoms with Crippen molar-refractivity contribution in [3.8, 4) is 0 Å². The van der Waals surface area contributed by atoms with Gasteiger partial charge in [-0.05, 0) is 19.1 Å². The lowest BCUT2D eigenvalue weighted by Gasteiger charge is -2.34. The minimum absolute atomic E-state index is 0.264. The van der Waals surface area contributed by atoms with E-state index in [9.17, 15) is 14.4 Å². The molecule has 0 aromatic carbocycles. The number of aliphatic carboxylic acids is 1. The van der Waals surface area contributed by atoms with Crippen LogP contribution in [0.5, 0.6) is 0 Å². The Hall–Kier alpha value is -2.51. The molecule has 21 heavy (non-hydrogen) atoms.